The number of oxazole rings is 1. The monoisotopic (exact) mass is 374 g/mol. The van der Waals surface area contributed by atoms with Gasteiger partial charge in [0.05, 0.1) is 11.8 Å². The number of halogens is 2. The lowest BCUT2D eigenvalue weighted by atomic mass is 10.1. The van der Waals surface area contributed by atoms with Crippen molar-refractivity contribution in [1.29, 1.82) is 0 Å². The smallest absolute Gasteiger partial charge is 0.223 e. The number of rotatable bonds is 4. The molecule has 1 aliphatic rings. The van der Waals surface area contributed by atoms with Gasteiger partial charge >= 0.3 is 0 Å². The standard InChI is InChI=1S/C19H16F2N2O2S/c20-13-1-2-14(15(21)9-13)16-10-22-18(25-16)3-4-19(24)23-7-5-17-12(11-23)6-8-26-17/h1-2,6,8-10H,3-5,7,11H2. The molecule has 0 bridgehead atoms. The van der Waals surface area contributed by atoms with E-state index in [2.05, 4.69) is 16.4 Å². The predicted molar refractivity (Wildman–Crippen MR) is 93.6 cm³/mol. The number of aromatic nitrogens is 1. The van der Waals surface area contributed by atoms with Crippen LogP contribution in [0.4, 0.5) is 8.78 Å². The lowest BCUT2D eigenvalue weighted by molar-refractivity contribution is -0.132. The maximum absolute atomic E-state index is 13.8. The van der Waals surface area contributed by atoms with Crippen molar-refractivity contribution in [3.8, 4) is 11.3 Å². The van der Waals surface area contributed by atoms with E-state index >= 15 is 0 Å². The van der Waals surface area contributed by atoms with Gasteiger partial charge in [-0.2, -0.15) is 0 Å². The number of hydrogen-bond acceptors (Lipinski definition) is 4. The molecule has 1 amide bonds. The molecule has 1 aliphatic heterocycles. The van der Waals surface area contributed by atoms with Crippen LogP contribution in [0.5, 0.6) is 0 Å². The molecular formula is C19H16F2N2O2S. The van der Waals surface area contributed by atoms with Crippen LogP contribution in [0, 0.1) is 11.6 Å². The van der Waals surface area contributed by atoms with Crippen LogP contribution in [0.2, 0.25) is 0 Å². The lowest BCUT2D eigenvalue weighted by Crippen LogP contribution is -2.35. The minimum atomic E-state index is -0.705. The first-order valence-corrected chi connectivity index (χ1v) is 9.21. The van der Waals surface area contributed by atoms with E-state index in [0.717, 1.165) is 19.0 Å². The van der Waals surface area contributed by atoms with Crippen molar-refractivity contribution in [2.24, 2.45) is 0 Å². The molecule has 0 aliphatic carbocycles. The van der Waals surface area contributed by atoms with Gasteiger partial charge in [-0.1, -0.05) is 0 Å². The number of carbonyl (C=O) groups excluding carboxylic acids is 1. The molecule has 2 aromatic heterocycles. The van der Waals surface area contributed by atoms with E-state index in [1.165, 1.54) is 28.8 Å². The number of nitrogens with zero attached hydrogens (tertiary/aromatic N) is 2. The maximum Gasteiger partial charge on any atom is 0.223 e. The second-order valence-electron chi connectivity index (χ2n) is 6.18. The van der Waals surface area contributed by atoms with Gasteiger partial charge in [-0.15, -0.1) is 11.3 Å². The summed E-state index contributed by atoms with van der Waals surface area (Å²) in [4.78, 5) is 19.7. The fourth-order valence-corrected chi connectivity index (χ4v) is 3.96. The molecule has 26 heavy (non-hydrogen) atoms. The molecule has 134 valence electrons. The van der Waals surface area contributed by atoms with Gasteiger partial charge < -0.3 is 9.32 Å². The van der Waals surface area contributed by atoms with Crippen molar-refractivity contribution in [1.82, 2.24) is 9.88 Å². The number of thiophene rings is 1. The first-order valence-electron chi connectivity index (χ1n) is 8.33. The molecule has 0 spiro atoms. The summed E-state index contributed by atoms with van der Waals surface area (Å²) in [6.45, 7) is 1.37. The third-order valence-electron chi connectivity index (χ3n) is 4.46. The number of fused-ring (bicyclic) bond motifs is 1. The summed E-state index contributed by atoms with van der Waals surface area (Å²) < 4.78 is 32.3. The molecule has 0 unspecified atom stereocenters. The van der Waals surface area contributed by atoms with Crippen LogP contribution >= 0.6 is 11.3 Å². The third-order valence-corrected chi connectivity index (χ3v) is 5.49. The Kier molecular flexibility index (Phi) is 4.55. The Hall–Kier alpha value is -2.54. The largest absolute Gasteiger partial charge is 0.441 e. The highest BCUT2D eigenvalue weighted by atomic mass is 32.1. The molecule has 4 nitrogen and oxygen atoms in total. The second kappa shape index (κ2) is 6.99. The zero-order chi connectivity index (χ0) is 18.1. The van der Waals surface area contributed by atoms with Crippen molar-refractivity contribution in [3.05, 3.63) is 63.8 Å². The van der Waals surface area contributed by atoms with E-state index in [9.17, 15) is 13.6 Å². The van der Waals surface area contributed by atoms with Gasteiger partial charge in [0.2, 0.25) is 5.91 Å². The summed E-state index contributed by atoms with van der Waals surface area (Å²) in [6.07, 6.45) is 2.92. The highest BCUT2D eigenvalue weighted by Gasteiger charge is 2.22. The molecule has 7 heteroatoms. The van der Waals surface area contributed by atoms with E-state index in [1.54, 1.807) is 11.3 Å². The molecule has 0 fully saturated rings. The van der Waals surface area contributed by atoms with Crippen LogP contribution in [0.1, 0.15) is 22.8 Å². The molecule has 0 N–H and O–H groups in total. The van der Waals surface area contributed by atoms with Crippen LogP contribution in [0.15, 0.2) is 40.3 Å². The molecule has 4 rings (SSSR count). The minimum absolute atomic E-state index is 0.0505. The van der Waals surface area contributed by atoms with Crippen LogP contribution < -0.4 is 0 Å². The summed E-state index contributed by atoms with van der Waals surface area (Å²) in [5, 5.41) is 2.06. The molecule has 0 saturated heterocycles. The average Bonchev–Trinajstić information content (AvgIpc) is 3.28. The molecular weight excluding hydrogens is 358 g/mol. The Balaban J connectivity index is 1.38. The minimum Gasteiger partial charge on any atom is -0.441 e. The molecule has 3 heterocycles. The summed E-state index contributed by atoms with van der Waals surface area (Å²) in [7, 11) is 0. The van der Waals surface area contributed by atoms with Gasteiger partial charge in [-0.25, -0.2) is 13.8 Å². The van der Waals surface area contributed by atoms with E-state index in [1.807, 2.05) is 4.90 Å². The Morgan fingerprint density at radius 2 is 2.19 bits per heavy atom. The molecule has 0 saturated carbocycles. The maximum atomic E-state index is 13.8. The highest BCUT2D eigenvalue weighted by molar-refractivity contribution is 7.10. The Morgan fingerprint density at radius 3 is 3.04 bits per heavy atom. The Morgan fingerprint density at radius 1 is 1.31 bits per heavy atom. The van der Waals surface area contributed by atoms with Gasteiger partial charge in [0, 0.05) is 36.9 Å². The van der Waals surface area contributed by atoms with Crippen molar-refractivity contribution in [2.75, 3.05) is 6.54 Å². The van der Waals surface area contributed by atoms with Gasteiger partial charge in [-0.05, 0) is 35.6 Å². The normalized spacial score (nSPS) is 13.7. The first-order chi connectivity index (χ1) is 12.6. The highest BCUT2D eigenvalue weighted by Crippen LogP contribution is 2.26. The molecule has 1 aromatic carbocycles. The van der Waals surface area contributed by atoms with Crippen LogP contribution in [-0.4, -0.2) is 22.3 Å². The van der Waals surface area contributed by atoms with E-state index < -0.39 is 11.6 Å². The summed E-state index contributed by atoms with van der Waals surface area (Å²) in [5.74, 6) is -0.707. The van der Waals surface area contributed by atoms with E-state index in [-0.39, 0.29) is 23.7 Å². The predicted octanol–water partition coefficient (Wildman–Crippen LogP) is 4.20. The average molecular weight is 374 g/mol. The number of hydrogen-bond donors (Lipinski definition) is 0. The Bertz CT molecular complexity index is 951. The SMILES string of the molecule is O=C(CCc1ncc(-c2ccc(F)cc2F)o1)N1CCc2sccc2C1. The fourth-order valence-electron chi connectivity index (χ4n) is 3.07. The van der Waals surface area contributed by atoms with E-state index in [0.29, 0.717) is 18.9 Å². The second-order valence-corrected chi connectivity index (χ2v) is 7.18. The van der Waals surface area contributed by atoms with Gasteiger partial charge in [0.15, 0.2) is 11.7 Å². The number of benzene rings is 1. The van der Waals surface area contributed by atoms with Crippen LogP contribution in [-0.2, 0) is 24.2 Å². The van der Waals surface area contributed by atoms with Crippen molar-refractivity contribution >= 4 is 17.2 Å². The van der Waals surface area contributed by atoms with Gasteiger partial charge in [-0.3, -0.25) is 4.79 Å². The topological polar surface area (TPSA) is 46.3 Å². The summed E-state index contributed by atoms with van der Waals surface area (Å²) >= 11 is 1.73. The zero-order valence-corrected chi connectivity index (χ0v) is 14.7. The number of amides is 1. The zero-order valence-electron chi connectivity index (χ0n) is 13.9. The number of aryl methyl sites for hydroxylation is 1. The van der Waals surface area contributed by atoms with E-state index in [4.69, 9.17) is 4.42 Å². The van der Waals surface area contributed by atoms with Gasteiger partial charge in [0.1, 0.15) is 11.6 Å². The molecule has 0 radical (unpaired) electrons. The fraction of sp³-hybridized carbons (Fsp3) is 0.263. The Labute approximate surface area is 153 Å². The molecule has 0 atom stereocenters. The van der Waals surface area contributed by atoms with Crippen LogP contribution in [0.25, 0.3) is 11.3 Å². The summed E-state index contributed by atoms with van der Waals surface area (Å²) in [6, 6.07) is 5.35. The molecule has 3 aromatic rings. The first kappa shape index (κ1) is 16.9. The third kappa shape index (κ3) is 3.39. The van der Waals surface area contributed by atoms with Crippen LogP contribution in [0.3, 0.4) is 0 Å². The van der Waals surface area contributed by atoms with Gasteiger partial charge in [0.25, 0.3) is 0 Å². The lowest BCUT2D eigenvalue weighted by Gasteiger charge is -2.26. The van der Waals surface area contributed by atoms with Crippen molar-refractivity contribution < 1.29 is 18.0 Å². The van der Waals surface area contributed by atoms with Crippen molar-refractivity contribution in [2.45, 2.75) is 25.8 Å². The van der Waals surface area contributed by atoms with Crippen molar-refractivity contribution in [3.63, 3.8) is 0 Å². The number of carbonyl (C=O) groups is 1. The summed E-state index contributed by atoms with van der Waals surface area (Å²) in [5.41, 5.74) is 1.37. The quantitative estimate of drug-likeness (QED) is 0.688.